The molecule has 0 radical (unpaired) electrons. The van der Waals surface area contributed by atoms with Gasteiger partial charge in [-0.3, -0.25) is 19.2 Å². The number of methoxy groups -OCH3 is 2. The average Bonchev–Trinajstić information content (AvgIpc) is 2.94. The molecule has 3 atom stereocenters. The fourth-order valence-electron chi connectivity index (χ4n) is 4.48. The second-order valence-corrected chi connectivity index (χ2v) is 10.2. The lowest BCUT2D eigenvalue weighted by molar-refractivity contribution is -0.135. The highest BCUT2D eigenvalue weighted by Crippen LogP contribution is 2.29. The molecule has 3 N–H and O–H groups in total. The van der Waals surface area contributed by atoms with E-state index in [1.165, 1.54) is 14.0 Å². The van der Waals surface area contributed by atoms with Gasteiger partial charge in [0.15, 0.2) is 5.78 Å². The number of carbonyl (C=O) groups is 4. The van der Waals surface area contributed by atoms with Crippen molar-refractivity contribution in [3.63, 3.8) is 0 Å². The second kappa shape index (κ2) is 16.5. The van der Waals surface area contributed by atoms with Crippen molar-refractivity contribution < 1.29 is 33.4 Å². The summed E-state index contributed by atoms with van der Waals surface area (Å²) < 4.78 is 15.3. The molecule has 1 fully saturated rings. The number of Topliss-reactive ketones (excluding diaryl/α,β-unsaturated/α-hetero) is 1. The maximum atomic E-state index is 13.7. The molecule has 0 bridgehead atoms. The zero-order valence-corrected chi connectivity index (χ0v) is 24.0. The highest BCUT2D eigenvalue weighted by Gasteiger charge is 2.34. The molecule has 10 nitrogen and oxygen atoms in total. The first-order valence-electron chi connectivity index (χ1n) is 14.0. The van der Waals surface area contributed by atoms with E-state index in [9.17, 15) is 19.2 Å². The number of amides is 3. The van der Waals surface area contributed by atoms with Crippen LogP contribution >= 0.6 is 0 Å². The number of benzene rings is 2. The first kappa shape index (κ1) is 31.8. The lowest BCUT2D eigenvalue weighted by Gasteiger charge is -2.30. The summed E-state index contributed by atoms with van der Waals surface area (Å²) in [5, 5.41) is 8.29. The smallest absolute Gasteiger partial charge is 0.246 e. The molecule has 222 valence electrons. The van der Waals surface area contributed by atoms with Crippen LogP contribution in [0.15, 0.2) is 54.6 Å². The zero-order valence-electron chi connectivity index (χ0n) is 24.0. The monoisotopic (exact) mass is 567 g/mol. The van der Waals surface area contributed by atoms with Crippen molar-refractivity contribution in [1.82, 2.24) is 16.0 Å². The first-order chi connectivity index (χ1) is 19.8. The summed E-state index contributed by atoms with van der Waals surface area (Å²) in [5.41, 5.74) is 1.73. The fraction of sp³-hybridized carbons (Fsp3) is 0.484. The largest absolute Gasteiger partial charge is 0.497 e. The van der Waals surface area contributed by atoms with Crippen LogP contribution in [0.4, 0.5) is 0 Å². The molecule has 41 heavy (non-hydrogen) atoms. The molecule has 0 aromatic heterocycles. The van der Waals surface area contributed by atoms with E-state index in [1.807, 2.05) is 42.5 Å². The van der Waals surface area contributed by atoms with Gasteiger partial charge in [0, 0.05) is 19.4 Å². The highest BCUT2D eigenvalue weighted by molar-refractivity contribution is 5.95. The summed E-state index contributed by atoms with van der Waals surface area (Å²) in [4.78, 5) is 52.3. The number of rotatable bonds is 17. The van der Waals surface area contributed by atoms with Gasteiger partial charge >= 0.3 is 0 Å². The van der Waals surface area contributed by atoms with Crippen LogP contribution in [0.25, 0.3) is 0 Å². The minimum atomic E-state index is -0.985. The summed E-state index contributed by atoms with van der Waals surface area (Å²) in [6, 6.07) is 14.1. The molecule has 1 aliphatic rings. The predicted octanol–water partition coefficient (Wildman–Crippen LogP) is 1.99. The van der Waals surface area contributed by atoms with Crippen molar-refractivity contribution in [2.24, 2.45) is 5.92 Å². The van der Waals surface area contributed by atoms with Crippen LogP contribution in [0.1, 0.15) is 37.3 Å². The molecule has 3 amide bonds. The Morgan fingerprint density at radius 3 is 2.05 bits per heavy atom. The van der Waals surface area contributed by atoms with Gasteiger partial charge in [0.1, 0.15) is 24.4 Å². The van der Waals surface area contributed by atoms with Crippen LogP contribution in [0.3, 0.4) is 0 Å². The van der Waals surface area contributed by atoms with E-state index in [0.717, 1.165) is 30.4 Å². The zero-order chi connectivity index (χ0) is 29.6. The number of nitrogens with one attached hydrogen (secondary N) is 3. The molecule has 1 aliphatic carbocycles. The number of carbonyl (C=O) groups excluding carboxylic acids is 4. The molecule has 0 spiro atoms. The molecule has 3 unspecified atom stereocenters. The van der Waals surface area contributed by atoms with E-state index in [-0.39, 0.29) is 31.3 Å². The minimum absolute atomic E-state index is 0.0112. The molecule has 1 saturated carbocycles. The van der Waals surface area contributed by atoms with Crippen molar-refractivity contribution in [2.45, 2.75) is 57.2 Å². The van der Waals surface area contributed by atoms with E-state index >= 15 is 0 Å². The van der Waals surface area contributed by atoms with Crippen LogP contribution in [-0.4, -0.2) is 75.7 Å². The third-order valence-electron chi connectivity index (χ3n) is 7.12. The Bertz CT molecular complexity index is 1140. The quantitative estimate of drug-likeness (QED) is 0.249. The van der Waals surface area contributed by atoms with Crippen molar-refractivity contribution in [2.75, 3.05) is 34.0 Å². The Morgan fingerprint density at radius 2 is 1.44 bits per heavy atom. The average molecular weight is 568 g/mol. The van der Waals surface area contributed by atoms with Gasteiger partial charge in [-0.2, -0.15) is 0 Å². The number of ketones is 1. The van der Waals surface area contributed by atoms with Crippen molar-refractivity contribution in [3.8, 4) is 5.75 Å². The van der Waals surface area contributed by atoms with Gasteiger partial charge in [0.2, 0.25) is 17.7 Å². The van der Waals surface area contributed by atoms with E-state index in [2.05, 4.69) is 16.0 Å². The maximum Gasteiger partial charge on any atom is 0.246 e. The van der Waals surface area contributed by atoms with Crippen LogP contribution in [0.2, 0.25) is 0 Å². The summed E-state index contributed by atoms with van der Waals surface area (Å²) in [5.74, 6) is -0.860. The summed E-state index contributed by atoms with van der Waals surface area (Å²) in [6.07, 6.45) is 3.18. The normalized spacial score (nSPS) is 15.1. The Kier molecular flexibility index (Phi) is 12.8. The summed E-state index contributed by atoms with van der Waals surface area (Å²) in [7, 11) is 3.09. The van der Waals surface area contributed by atoms with Gasteiger partial charge in [-0.25, -0.2) is 0 Å². The van der Waals surface area contributed by atoms with Gasteiger partial charge in [0.05, 0.1) is 26.4 Å². The SMILES string of the molecule is COCCOCC(=O)NC(C)C(=O)NC(Cc1ccc(OC)cc1)C(=O)NC(Cc1ccccc1)C(=O)C1CCC1. The van der Waals surface area contributed by atoms with E-state index in [4.69, 9.17) is 14.2 Å². The van der Waals surface area contributed by atoms with E-state index in [0.29, 0.717) is 18.8 Å². The Labute approximate surface area is 241 Å². The minimum Gasteiger partial charge on any atom is -0.497 e. The molecule has 0 heterocycles. The van der Waals surface area contributed by atoms with Gasteiger partial charge in [-0.05, 0) is 49.4 Å². The fourth-order valence-corrected chi connectivity index (χ4v) is 4.48. The Hall–Kier alpha value is -3.76. The number of ether oxygens (including phenoxy) is 3. The van der Waals surface area contributed by atoms with Gasteiger partial charge < -0.3 is 30.2 Å². The predicted molar refractivity (Wildman–Crippen MR) is 153 cm³/mol. The van der Waals surface area contributed by atoms with Crippen LogP contribution in [0.5, 0.6) is 5.75 Å². The molecule has 10 heteroatoms. The molecule has 2 aromatic carbocycles. The molecule has 3 rings (SSSR count). The van der Waals surface area contributed by atoms with Crippen LogP contribution in [-0.2, 0) is 41.5 Å². The third kappa shape index (κ3) is 10.3. The third-order valence-corrected chi connectivity index (χ3v) is 7.12. The number of hydrogen-bond donors (Lipinski definition) is 3. The van der Waals surface area contributed by atoms with Gasteiger partial charge in [-0.15, -0.1) is 0 Å². The Morgan fingerprint density at radius 1 is 0.805 bits per heavy atom. The van der Waals surface area contributed by atoms with Crippen LogP contribution < -0.4 is 20.7 Å². The summed E-state index contributed by atoms with van der Waals surface area (Å²) >= 11 is 0. The van der Waals surface area contributed by atoms with Crippen molar-refractivity contribution in [1.29, 1.82) is 0 Å². The lowest BCUT2D eigenvalue weighted by Crippen LogP contribution is -2.57. The summed E-state index contributed by atoms with van der Waals surface area (Å²) in [6.45, 7) is 1.91. The van der Waals surface area contributed by atoms with Gasteiger partial charge in [0.25, 0.3) is 0 Å². The first-order valence-corrected chi connectivity index (χ1v) is 14.0. The van der Waals surface area contributed by atoms with E-state index in [1.54, 1.807) is 19.2 Å². The lowest BCUT2D eigenvalue weighted by atomic mass is 9.78. The highest BCUT2D eigenvalue weighted by atomic mass is 16.5. The standard InChI is InChI=1S/C31H41N3O7/c1-21(32-28(35)20-41-17-16-39-2)30(37)34-27(19-23-12-14-25(40-3)15-13-23)31(38)33-26(29(36)24-10-7-11-24)18-22-8-5-4-6-9-22/h4-6,8-9,12-15,21,24,26-27H,7,10-11,16-20H2,1-3H3,(H,32,35)(H,33,38)(H,34,37). The van der Waals surface area contributed by atoms with Crippen molar-refractivity contribution in [3.05, 3.63) is 65.7 Å². The van der Waals surface area contributed by atoms with Crippen molar-refractivity contribution >= 4 is 23.5 Å². The Balaban J connectivity index is 1.72. The van der Waals surface area contributed by atoms with Gasteiger partial charge in [-0.1, -0.05) is 48.9 Å². The molecule has 0 saturated heterocycles. The van der Waals surface area contributed by atoms with Crippen LogP contribution in [0, 0.1) is 5.92 Å². The number of hydrogen-bond acceptors (Lipinski definition) is 7. The molecular formula is C31H41N3O7. The maximum absolute atomic E-state index is 13.7. The molecule has 0 aliphatic heterocycles. The second-order valence-electron chi connectivity index (χ2n) is 10.2. The topological polar surface area (TPSA) is 132 Å². The molecule has 2 aromatic rings. The molecular weight excluding hydrogens is 526 g/mol. The van der Waals surface area contributed by atoms with E-state index < -0.39 is 35.8 Å².